The molecule has 0 saturated carbocycles. The molecule has 134 valence electrons. The SMILES string of the molecule is COc1ccc2cc([C@H]3OCCc4cc(OC)c(OC)cc43)ccc2c1. The lowest BCUT2D eigenvalue weighted by Crippen LogP contribution is -2.17. The van der Waals surface area contributed by atoms with Gasteiger partial charge in [0.1, 0.15) is 11.9 Å². The third kappa shape index (κ3) is 2.86. The van der Waals surface area contributed by atoms with Crippen molar-refractivity contribution in [3.63, 3.8) is 0 Å². The molecule has 1 heterocycles. The van der Waals surface area contributed by atoms with Gasteiger partial charge in [0, 0.05) is 0 Å². The molecular formula is C22H22O4. The van der Waals surface area contributed by atoms with Gasteiger partial charge in [0.15, 0.2) is 11.5 Å². The summed E-state index contributed by atoms with van der Waals surface area (Å²) in [7, 11) is 5.01. The Labute approximate surface area is 153 Å². The number of hydrogen-bond acceptors (Lipinski definition) is 4. The van der Waals surface area contributed by atoms with Gasteiger partial charge in [0.05, 0.1) is 27.9 Å². The molecule has 0 fully saturated rings. The Bertz CT molecular complexity index is 948. The quantitative estimate of drug-likeness (QED) is 0.693. The molecule has 0 amide bonds. The van der Waals surface area contributed by atoms with Crippen LogP contribution in [-0.2, 0) is 11.2 Å². The average Bonchev–Trinajstić information content (AvgIpc) is 2.71. The van der Waals surface area contributed by atoms with E-state index < -0.39 is 0 Å². The van der Waals surface area contributed by atoms with E-state index in [0.717, 1.165) is 40.2 Å². The van der Waals surface area contributed by atoms with Crippen LogP contribution in [0.25, 0.3) is 10.8 Å². The lowest BCUT2D eigenvalue weighted by atomic mass is 9.91. The first-order valence-electron chi connectivity index (χ1n) is 8.67. The predicted molar refractivity (Wildman–Crippen MR) is 102 cm³/mol. The number of rotatable bonds is 4. The molecule has 1 aliphatic rings. The van der Waals surface area contributed by atoms with Gasteiger partial charge in [-0.2, -0.15) is 0 Å². The third-order valence-electron chi connectivity index (χ3n) is 4.96. The van der Waals surface area contributed by atoms with Gasteiger partial charge in [-0.25, -0.2) is 0 Å². The van der Waals surface area contributed by atoms with Gasteiger partial charge < -0.3 is 18.9 Å². The Balaban J connectivity index is 1.79. The summed E-state index contributed by atoms with van der Waals surface area (Å²) in [6.45, 7) is 0.688. The van der Waals surface area contributed by atoms with Crippen molar-refractivity contribution in [2.45, 2.75) is 12.5 Å². The maximum atomic E-state index is 6.14. The normalized spacial score (nSPS) is 16.2. The van der Waals surface area contributed by atoms with Crippen molar-refractivity contribution in [3.8, 4) is 17.2 Å². The fourth-order valence-corrected chi connectivity index (χ4v) is 3.58. The molecule has 0 spiro atoms. The van der Waals surface area contributed by atoms with Crippen LogP contribution in [0, 0.1) is 0 Å². The Morgan fingerprint density at radius 3 is 2.31 bits per heavy atom. The van der Waals surface area contributed by atoms with Gasteiger partial charge in [0.25, 0.3) is 0 Å². The van der Waals surface area contributed by atoms with Crippen LogP contribution in [0.4, 0.5) is 0 Å². The number of benzene rings is 3. The van der Waals surface area contributed by atoms with Crippen LogP contribution in [0.5, 0.6) is 17.2 Å². The molecule has 3 aromatic rings. The van der Waals surface area contributed by atoms with Crippen LogP contribution in [0.2, 0.25) is 0 Å². The van der Waals surface area contributed by atoms with Crippen molar-refractivity contribution in [2.24, 2.45) is 0 Å². The molecule has 0 bridgehead atoms. The first kappa shape index (κ1) is 16.7. The van der Waals surface area contributed by atoms with Crippen molar-refractivity contribution < 1.29 is 18.9 Å². The minimum Gasteiger partial charge on any atom is -0.497 e. The largest absolute Gasteiger partial charge is 0.497 e. The summed E-state index contributed by atoms with van der Waals surface area (Å²) in [5.74, 6) is 2.35. The number of ether oxygens (including phenoxy) is 4. The van der Waals surface area contributed by atoms with Crippen molar-refractivity contribution in [3.05, 3.63) is 65.2 Å². The zero-order valence-corrected chi connectivity index (χ0v) is 15.2. The zero-order chi connectivity index (χ0) is 18.1. The third-order valence-corrected chi connectivity index (χ3v) is 4.96. The Morgan fingerprint density at radius 2 is 1.54 bits per heavy atom. The highest BCUT2D eigenvalue weighted by Gasteiger charge is 2.25. The van der Waals surface area contributed by atoms with Crippen molar-refractivity contribution in [1.82, 2.24) is 0 Å². The van der Waals surface area contributed by atoms with Crippen molar-refractivity contribution >= 4 is 10.8 Å². The van der Waals surface area contributed by atoms with Crippen LogP contribution < -0.4 is 14.2 Å². The molecule has 26 heavy (non-hydrogen) atoms. The van der Waals surface area contributed by atoms with Crippen molar-refractivity contribution in [1.29, 1.82) is 0 Å². The van der Waals surface area contributed by atoms with E-state index in [1.165, 1.54) is 10.9 Å². The smallest absolute Gasteiger partial charge is 0.161 e. The zero-order valence-electron chi connectivity index (χ0n) is 15.2. The van der Waals surface area contributed by atoms with Gasteiger partial charge in [-0.15, -0.1) is 0 Å². The van der Waals surface area contributed by atoms with E-state index in [9.17, 15) is 0 Å². The Kier molecular flexibility index (Phi) is 4.43. The minimum atomic E-state index is -0.106. The highest BCUT2D eigenvalue weighted by atomic mass is 16.5. The van der Waals surface area contributed by atoms with E-state index in [2.05, 4.69) is 30.3 Å². The number of fused-ring (bicyclic) bond motifs is 2. The molecule has 1 aliphatic heterocycles. The number of methoxy groups -OCH3 is 3. The summed E-state index contributed by atoms with van der Waals surface area (Å²) in [4.78, 5) is 0. The maximum Gasteiger partial charge on any atom is 0.161 e. The van der Waals surface area contributed by atoms with E-state index in [0.29, 0.717) is 6.61 Å². The molecule has 0 radical (unpaired) electrons. The van der Waals surface area contributed by atoms with E-state index in [-0.39, 0.29) is 6.10 Å². The summed E-state index contributed by atoms with van der Waals surface area (Å²) in [5, 5.41) is 2.32. The summed E-state index contributed by atoms with van der Waals surface area (Å²) >= 11 is 0. The summed E-state index contributed by atoms with van der Waals surface area (Å²) in [5.41, 5.74) is 3.52. The maximum absolute atomic E-state index is 6.14. The molecule has 4 nitrogen and oxygen atoms in total. The lowest BCUT2D eigenvalue weighted by molar-refractivity contribution is 0.0696. The molecule has 0 aliphatic carbocycles. The Hall–Kier alpha value is -2.72. The summed E-state index contributed by atoms with van der Waals surface area (Å²) in [6.07, 6.45) is 0.766. The van der Waals surface area contributed by atoms with E-state index in [4.69, 9.17) is 18.9 Å². The van der Waals surface area contributed by atoms with Gasteiger partial charge in [-0.05, 0) is 64.2 Å². The van der Waals surface area contributed by atoms with Crippen molar-refractivity contribution in [2.75, 3.05) is 27.9 Å². The first-order chi connectivity index (χ1) is 12.7. The second kappa shape index (κ2) is 6.89. The minimum absolute atomic E-state index is 0.106. The fourth-order valence-electron chi connectivity index (χ4n) is 3.58. The predicted octanol–water partition coefficient (Wildman–Crippen LogP) is 4.53. The molecule has 4 heteroatoms. The molecular weight excluding hydrogens is 328 g/mol. The van der Waals surface area contributed by atoms with E-state index in [1.807, 2.05) is 18.2 Å². The fraction of sp³-hybridized carbons (Fsp3) is 0.273. The molecule has 1 atom stereocenters. The molecule has 0 N–H and O–H groups in total. The number of hydrogen-bond donors (Lipinski definition) is 0. The van der Waals surface area contributed by atoms with E-state index >= 15 is 0 Å². The molecule has 3 aromatic carbocycles. The van der Waals surface area contributed by atoms with Gasteiger partial charge in [-0.3, -0.25) is 0 Å². The highest BCUT2D eigenvalue weighted by Crippen LogP contribution is 2.40. The second-order valence-electron chi connectivity index (χ2n) is 6.38. The van der Waals surface area contributed by atoms with Crippen LogP contribution in [0.3, 0.4) is 0 Å². The summed E-state index contributed by atoms with van der Waals surface area (Å²) in [6, 6.07) is 16.6. The molecule has 4 rings (SSSR count). The molecule has 0 saturated heterocycles. The van der Waals surface area contributed by atoms with E-state index in [1.54, 1.807) is 21.3 Å². The molecule has 0 aromatic heterocycles. The highest BCUT2D eigenvalue weighted by molar-refractivity contribution is 5.84. The summed E-state index contributed by atoms with van der Waals surface area (Å²) < 4.78 is 22.4. The average molecular weight is 350 g/mol. The second-order valence-corrected chi connectivity index (χ2v) is 6.38. The van der Waals surface area contributed by atoms with Crippen LogP contribution in [-0.4, -0.2) is 27.9 Å². The molecule has 0 unspecified atom stereocenters. The topological polar surface area (TPSA) is 36.9 Å². The van der Waals surface area contributed by atoms with Gasteiger partial charge in [0.2, 0.25) is 0 Å². The first-order valence-corrected chi connectivity index (χ1v) is 8.67. The lowest BCUT2D eigenvalue weighted by Gasteiger charge is -2.28. The van der Waals surface area contributed by atoms with Gasteiger partial charge in [-0.1, -0.05) is 18.2 Å². The Morgan fingerprint density at radius 1 is 0.808 bits per heavy atom. The standard InChI is InChI=1S/C22H22O4/c1-23-18-7-6-14-10-17(5-4-15(14)11-18)22-19-13-21(25-3)20(24-2)12-16(19)8-9-26-22/h4-7,10-13,22H,8-9H2,1-3H3/t22-/m1/s1. The van der Waals surface area contributed by atoms with Crippen LogP contribution >= 0.6 is 0 Å². The van der Waals surface area contributed by atoms with Crippen LogP contribution in [0.15, 0.2) is 48.5 Å². The monoisotopic (exact) mass is 350 g/mol. The van der Waals surface area contributed by atoms with Crippen LogP contribution in [0.1, 0.15) is 22.8 Å². The van der Waals surface area contributed by atoms with Gasteiger partial charge >= 0.3 is 0 Å².